The molecule has 2 amide bonds. The molecule has 0 spiro atoms. The van der Waals surface area contributed by atoms with Crippen LogP contribution in [0.1, 0.15) is 35.4 Å². The highest BCUT2D eigenvalue weighted by molar-refractivity contribution is 6.31. The molecule has 116 valence electrons. The predicted octanol–water partition coefficient (Wildman–Crippen LogP) is 2.79. The lowest BCUT2D eigenvalue weighted by molar-refractivity contribution is -0.122. The molecule has 0 saturated carbocycles. The van der Waals surface area contributed by atoms with Gasteiger partial charge in [-0.2, -0.15) is 0 Å². The van der Waals surface area contributed by atoms with E-state index in [-0.39, 0.29) is 17.6 Å². The van der Waals surface area contributed by atoms with Crippen LogP contribution in [0, 0.1) is 6.92 Å². The number of amides is 2. The third-order valence-electron chi connectivity index (χ3n) is 3.95. The second-order valence-corrected chi connectivity index (χ2v) is 5.95. The molecule has 2 aromatic rings. The fourth-order valence-corrected chi connectivity index (χ4v) is 2.88. The summed E-state index contributed by atoms with van der Waals surface area (Å²) in [6.45, 7) is 2.47. The Kier molecular flexibility index (Phi) is 4.07. The highest BCUT2D eigenvalue weighted by Crippen LogP contribution is 2.28. The van der Waals surface area contributed by atoms with Crippen LogP contribution >= 0.6 is 11.6 Å². The largest absolute Gasteiger partial charge is 0.451 e. The highest BCUT2D eigenvalue weighted by Gasteiger charge is 2.25. The molecule has 0 bridgehead atoms. The van der Waals surface area contributed by atoms with Crippen molar-refractivity contribution in [2.24, 2.45) is 0 Å². The van der Waals surface area contributed by atoms with Gasteiger partial charge < -0.3 is 15.1 Å². The first-order valence-corrected chi connectivity index (χ1v) is 7.71. The number of hydrogen-bond acceptors (Lipinski definition) is 3. The normalized spacial score (nSPS) is 18.8. The van der Waals surface area contributed by atoms with E-state index < -0.39 is 6.04 Å². The zero-order valence-corrected chi connectivity index (χ0v) is 13.0. The minimum absolute atomic E-state index is 0.136. The van der Waals surface area contributed by atoms with Crippen LogP contribution < -0.4 is 10.6 Å². The average Bonchev–Trinajstić information content (AvgIpc) is 2.68. The van der Waals surface area contributed by atoms with Crippen LogP contribution in [0.15, 0.2) is 22.6 Å². The summed E-state index contributed by atoms with van der Waals surface area (Å²) >= 11 is 5.98. The van der Waals surface area contributed by atoms with Gasteiger partial charge in [-0.05, 0) is 44.4 Å². The van der Waals surface area contributed by atoms with E-state index >= 15 is 0 Å². The number of aryl methyl sites for hydroxylation is 1. The van der Waals surface area contributed by atoms with Gasteiger partial charge in [-0.25, -0.2) is 0 Å². The molecule has 1 aromatic heterocycles. The van der Waals surface area contributed by atoms with Crippen molar-refractivity contribution in [2.75, 3.05) is 6.54 Å². The summed E-state index contributed by atoms with van der Waals surface area (Å²) in [5.41, 5.74) is 1.33. The van der Waals surface area contributed by atoms with Crippen molar-refractivity contribution in [1.29, 1.82) is 0 Å². The number of nitrogens with one attached hydrogen (secondary N) is 2. The third-order valence-corrected chi connectivity index (χ3v) is 4.18. The van der Waals surface area contributed by atoms with Crippen LogP contribution in [-0.2, 0) is 4.79 Å². The summed E-state index contributed by atoms with van der Waals surface area (Å²) in [7, 11) is 0. The molecule has 5 nitrogen and oxygen atoms in total. The molecule has 3 rings (SSSR count). The molecular weight excluding hydrogens is 304 g/mol. The smallest absolute Gasteiger partial charge is 0.287 e. The van der Waals surface area contributed by atoms with E-state index in [1.165, 1.54) is 0 Å². The summed E-state index contributed by atoms with van der Waals surface area (Å²) < 4.78 is 5.62. The number of benzene rings is 1. The van der Waals surface area contributed by atoms with E-state index in [9.17, 15) is 9.59 Å². The van der Waals surface area contributed by atoms with Crippen LogP contribution in [0.25, 0.3) is 11.0 Å². The van der Waals surface area contributed by atoms with Gasteiger partial charge in [0.25, 0.3) is 5.91 Å². The predicted molar refractivity (Wildman–Crippen MR) is 84.1 cm³/mol. The van der Waals surface area contributed by atoms with Gasteiger partial charge in [0.1, 0.15) is 11.6 Å². The lowest BCUT2D eigenvalue weighted by Crippen LogP contribution is -2.45. The van der Waals surface area contributed by atoms with Crippen LogP contribution in [0.5, 0.6) is 0 Å². The molecule has 22 heavy (non-hydrogen) atoms. The molecule has 1 aromatic carbocycles. The minimum Gasteiger partial charge on any atom is -0.451 e. The number of rotatable bonds is 2. The minimum atomic E-state index is -0.508. The van der Waals surface area contributed by atoms with Crippen molar-refractivity contribution >= 4 is 34.4 Å². The molecule has 2 heterocycles. The number of hydrogen-bond donors (Lipinski definition) is 2. The van der Waals surface area contributed by atoms with Crippen LogP contribution in [0.3, 0.4) is 0 Å². The standard InChI is InChI=1S/C16H17ClN2O3/c1-9-11-8-10(17)5-6-13(11)22-14(9)16(21)19-12-4-2-3-7-18-15(12)20/h5-6,8,12H,2-4,7H2,1H3,(H,18,20)(H,19,21)/t12-/m0/s1. The van der Waals surface area contributed by atoms with E-state index in [0.29, 0.717) is 23.6 Å². The van der Waals surface area contributed by atoms with Gasteiger partial charge in [-0.1, -0.05) is 11.6 Å². The van der Waals surface area contributed by atoms with E-state index in [4.69, 9.17) is 16.0 Å². The maximum absolute atomic E-state index is 12.4. The molecule has 2 N–H and O–H groups in total. The molecule has 1 atom stereocenters. The van der Waals surface area contributed by atoms with Crippen LogP contribution in [0.4, 0.5) is 0 Å². The first kappa shape index (κ1) is 14.9. The Hall–Kier alpha value is -2.01. The molecular formula is C16H17ClN2O3. The fraction of sp³-hybridized carbons (Fsp3) is 0.375. The quantitative estimate of drug-likeness (QED) is 0.893. The molecule has 0 aliphatic carbocycles. The lowest BCUT2D eigenvalue weighted by atomic mass is 10.1. The number of fused-ring (bicyclic) bond motifs is 1. The zero-order chi connectivity index (χ0) is 15.7. The topological polar surface area (TPSA) is 71.3 Å². The van der Waals surface area contributed by atoms with Gasteiger partial charge in [0.15, 0.2) is 5.76 Å². The Bertz CT molecular complexity index is 738. The maximum atomic E-state index is 12.4. The van der Waals surface area contributed by atoms with Gasteiger partial charge >= 0.3 is 0 Å². The van der Waals surface area contributed by atoms with Crippen LogP contribution in [0.2, 0.25) is 5.02 Å². The Morgan fingerprint density at radius 2 is 2.23 bits per heavy atom. The highest BCUT2D eigenvalue weighted by atomic mass is 35.5. The Morgan fingerprint density at radius 3 is 3.05 bits per heavy atom. The number of furan rings is 1. The monoisotopic (exact) mass is 320 g/mol. The van der Waals surface area contributed by atoms with Crippen LogP contribution in [-0.4, -0.2) is 24.4 Å². The molecule has 0 unspecified atom stereocenters. The van der Waals surface area contributed by atoms with Crippen molar-refractivity contribution in [3.05, 3.63) is 34.5 Å². The lowest BCUT2D eigenvalue weighted by Gasteiger charge is -2.14. The Balaban J connectivity index is 1.85. The number of carbonyl (C=O) groups is 2. The van der Waals surface area contributed by atoms with Crippen molar-refractivity contribution < 1.29 is 14.0 Å². The first-order valence-electron chi connectivity index (χ1n) is 7.33. The average molecular weight is 321 g/mol. The molecule has 6 heteroatoms. The SMILES string of the molecule is Cc1c(C(=O)N[C@H]2CCCCNC2=O)oc2ccc(Cl)cc12. The molecule has 0 radical (unpaired) electrons. The third kappa shape index (κ3) is 2.81. The molecule has 1 aliphatic rings. The second-order valence-electron chi connectivity index (χ2n) is 5.51. The van der Waals surface area contributed by atoms with Gasteiger partial charge in [0.05, 0.1) is 0 Å². The first-order chi connectivity index (χ1) is 10.6. The van der Waals surface area contributed by atoms with Gasteiger partial charge in [0, 0.05) is 22.5 Å². The molecule has 1 fully saturated rings. The van der Waals surface area contributed by atoms with E-state index in [0.717, 1.165) is 23.8 Å². The van der Waals surface area contributed by atoms with Crippen molar-refractivity contribution in [3.8, 4) is 0 Å². The Labute approximate surface area is 133 Å². The number of carbonyl (C=O) groups excluding carboxylic acids is 2. The van der Waals surface area contributed by atoms with Gasteiger partial charge in [-0.3, -0.25) is 9.59 Å². The molecule has 1 aliphatic heterocycles. The van der Waals surface area contributed by atoms with E-state index in [2.05, 4.69) is 10.6 Å². The summed E-state index contributed by atoms with van der Waals surface area (Å²) in [6.07, 6.45) is 2.47. The van der Waals surface area contributed by atoms with E-state index in [1.807, 2.05) is 6.92 Å². The second kappa shape index (κ2) is 6.01. The fourth-order valence-electron chi connectivity index (χ4n) is 2.71. The van der Waals surface area contributed by atoms with Crippen molar-refractivity contribution in [1.82, 2.24) is 10.6 Å². The summed E-state index contributed by atoms with van der Waals surface area (Å²) in [5, 5.41) is 6.96. The van der Waals surface area contributed by atoms with Crippen molar-refractivity contribution in [3.63, 3.8) is 0 Å². The van der Waals surface area contributed by atoms with E-state index in [1.54, 1.807) is 18.2 Å². The summed E-state index contributed by atoms with van der Waals surface area (Å²) in [5.74, 6) is -0.274. The summed E-state index contributed by atoms with van der Waals surface area (Å²) in [6, 6.07) is 4.71. The Morgan fingerprint density at radius 1 is 1.41 bits per heavy atom. The maximum Gasteiger partial charge on any atom is 0.287 e. The zero-order valence-electron chi connectivity index (χ0n) is 12.2. The van der Waals surface area contributed by atoms with Crippen molar-refractivity contribution in [2.45, 2.75) is 32.2 Å². The number of halogens is 1. The molecule has 1 saturated heterocycles. The van der Waals surface area contributed by atoms with Gasteiger partial charge in [-0.15, -0.1) is 0 Å². The van der Waals surface area contributed by atoms with Gasteiger partial charge in [0.2, 0.25) is 5.91 Å². The summed E-state index contributed by atoms with van der Waals surface area (Å²) in [4.78, 5) is 24.3.